The number of hydrogen-bond acceptors (Lipinski definition) is 0. The quantitative estimate of drug-likeness (QED) is 0.165. The molecule has 0 N–H and O–H groups in total. The molecule has 0 heterocycles. The first-order chi connectivity index (χ1) is 21.2. The van der Waals surface area contributed by atoms with E-state index in [9.17, 15) is 0 Å². The van der Waals surface area contributed by atoms with Gasteiger partial charge in [-0.25, -0.2) is 0 Å². The standard InChI is InChI=1S/2C20H15.2CH3.H2Si.Zr/c2*1-14-11-17-7-4-8-19(20(17)12-14)18-10-9-15-5-2-3-6-16(15)13-18;;;;/h2*2-13H,1H3;2*1H3;1H2;. The summed E-state index contributed by atoms with van der Waals surface area (Å²) >= 11 is -3.60. The summed E-state index contributed by atoms with van der Waals surface area (Å²) in [4.78, 5) is 0. The van der Waals surface area contributed by atoms with E-state index < -0.39 is 17.4 Å². The molecule has 6 aromatic rings. The van der Waals surface area contributed by atoms with Crippen molar-refractivity contribution in [3.05, 3.63) is 155 Å². The van der Waals surface area contributed by atoms with Crippen LogP contribution in [-0.2, 0) is 17.4 Å². The zero-order chi connectivity index (χ0) is 30.2. The Morgan fingerprint density at radius 1 is 0.477 bits per heavy atom. The molecule has 0 saturated carbocycles. The first-order valence-electron chi connectivity index (χ1n) is 15.9. The monoisotopic (exact) mass is 660 g/mol. The summed E-state index contributed by atoms with van der Waals surface area (Å²) in [6, 6.07) is 45.4. The Morgan fingerprint density at radius 2 is 0.886 bits per heavy atom. The van der Waals surface area contributed by atoms with Gasteiger partial charge in [-0.05, 0) is 0 Å². The fourth-order valence-electron chi connectivity index (χ4n) is 9.01. The molecule has 0 amide bonds. The van der Waals surface area contributed by atoms with E-state index in [1.165, 1.54) is 54.9 Å². The van der Waals surface area contributed by atoms with Gasteiger partial charge >= 0.3 is 265 Å². The molecule has 0 radical (unpaired) electrons. The number of fused-ring (bicyclic) bond motifs is 4. The van der Waals surface area contributed by atoms with Gasteiger partial charge in [0.15, 0.2) is 0 Å². The normalized spacial score (nSPS) is 17.8. The van der Waals surface area contributed by atoms with Crippen molar-refractivity contribution in [2.45, 2.75) is 30.4 Å². The molecule has 8 rings (SSSR count). The van der Waals surface area contributed by atoms with Crippen LogP contribution in [0.25, 0.3) is 56.0 Å². The fourth-order valence-corrected chi connectivity index (χ4v) is 30.3. The summed E-state index contributed by atoms with van der Waals surface area (Å²) in [6.07, 6.45) is 5.05. The summed E-state index contributed by atoms with van der Waals surface area (Å²) in [7, 11) is 0. The van der Waals surface area contributed by atoms with Crippen LogP contribution in [-0.4, -0.2) is 6.88 Å². The van der Waals surface area contributed by atoms with Crippen molar-refractivity contribution in [1.29, 1.82) is 0 Å². The van der Waals surface area contributed by atoms with Crippen LogP contribution >= 0.6 is 0 Å². The molecule has 214 valence electrons. The van der Waals surface area contributed by atoms with Crippen LogP contribution in [0.1, 0.15) is 43.4 Å². The minimum absolute atomic E-state index is 0.508. The van der Waals surface area contributed by atoms with Crippen LogP contribution in [0.15, 0.2) is 132 Å². The molecule has 0 fully saturated rings. The second kappa shape index (κ2) is 9.96. The first-order valence-corrected chi connectivity index (χ1v) is 29.5. The van der Waals surface area contributed by atoms with Gasteiger partial charge in [-0.2, -0.15) is 0 Å². The van der Waals surface area contributed by atoms with E-state index in [0.717, 1.165) is 0 Å². The van der Waals surface area contributed by atoms with Crippen LogP contribution in [0.3, 0.4) is 0 Å². The van der Waals surface area contributed by atoms with Crippen molar-refractivity contribution in [3.63, 3.8) is 0 Å². The Bertz CT molecular complexity index is 2140. The molecule has 2 atom stereocenters. The third-order valence-corrected chi connectivity index (χ3v) is 28.5. The molecule has 2 heteroatoms. The minimum atomic E-state index is -3.60. The van der Waals surface area contributed by atoms with Crippen molar-refractivity contribution >= 4 is 40.6 Å². The van der Waals surface area contributed by atoms with E-state index in [-0.39, 0.29) is 0 Å². The molecule has 6 aromatic carbocycles. The van der Waals surface area contributed by atoms with Gasteiger partial charge in [-0.1, -0.05) is 0 Å². The van der Waals surface area contributed by atoms with Gasteiger partial charge in [-0.15, -0.1) is 0 Å². The topological polar surface area (TPSA) is 0 Å². The van der Waals surface area contributed by atoms with Crippen LogP contribution in [0.5, 0.6) is 0 Å². The third-order valence-electron chi connectivity index (χ3n) is 10.6. The second-order valence-corrected chi connectivity index (χ2v) is 44.8. The molecular formula is C42H38SiZr. The van der Waals surface area contributed by atoms with Gasteiger partial charge in [0.1, 0.15) is 0 Å². The van der Waals surface area contributed by atoms with Gasteiger partial charge < -0.3 is 0 Å². The average Bonchev–Trinajstić information content (AvgIpc) is 3.57. The predicted molar refractivity (Wildman–Crippen MR) is 192 cm³/mol. The molecule has 44 heavy (non-hydrogen) atoms. The van der Waals surface area contributed by atoms with E-state index in [1.54, 1.807) is 22.3 Å². The summed E-state index contributed by atoms with van der Waals surface area (Å²) < 4.78 is 6.49. The molecule has 0 saturated heterocycles. The first kappa shape index (κ1) is 27.9. The molecule has 2 aliphatic carbocycles. The fraction of sp³-hybridized carbons (Fsp3) is 0.143. The Labute approximate surface area is 263 Å². The Morgan fingerprint density at radius 3 is 1.32 bits per heavy atom. The van der Waals surface area contributed by atoms with Gasteiger partial charge in [-0.3, -0.25) is 0 Å². The van der Waals surface area contributed by atoms with Crippen LogP contribution < -0.4 is 0 Å². The predicted octanol–water partition coefficient (Wildman–Crippen LogP) is 11.3. The van der Waals surface area contributed by atoms with Gasteiger partial charge in [0.2, 0.25) is 0 Å². The molecule has 0 nitrogen and oxygen atoms in total. The third kappa shape index (κ3) is 4.26. The number of benzene rings is 6. The van der Waals surface area contributed by atoms with Crippen molar-refractivity contribution in [2.24, 2.45) is 0 Å². The summed E-state index contributed by atoms with van der Waals surface area (Å²) in [5.74, 6) is 0. The van der Waals surface area contributed by atoms with Crippen LogP contribution in [0, 0.1) is 0 Å². The maximum atomic E-state index is 2.74. The molecule has 2 aliphatic rings. The van der Waals surface area contributed by atoms with Crippen molar-refractivity contribution in [2.75, 3.05) is 0 Å². The SMILES string of the molecule is CC1=Cc2c(-c3ccc4ccccc4c3)cccc2[CH]1[Zr]([CH3])([CH3])(=[SiH2])[CH]1C(C)=Cc2c(-c3ccc4ccccc4c3)cccc21. The number of hydrogen-bond donors (Lipinski definition) is 0. The van der Waals surface area contributed by atoms with E-state index in [1.807, 2.05) is 0 Å². The molecule has 2 unspecified atom stereocenters. The summed E-state index contributed by atoms with van der Waals surface area (Å²) in [6.45, 7) is 7.24. The van der Waals surface area contributed by atoms with E-state index in [0.29, 0.717) is 7.25 Å². The number of allylic oxidation sites excluding steroid dienone is 2. The molecule has 0 spiro atoms. The Hall–Kier alpha value is -3.58. The zero-order valence-electron chi connectivity index (χ0n) is 26.1. The molecular weight excluding hydrogens is 624 g/mol. The molecule has 0 aromatic heterocycles. The van der Waals surface area contributed by atoms with Gasteiger partial charge in [0, 0.05) is 0 Å². The van der Waals surface area contributed by atoms with Crippen molar-refractivity contribution in [1.82, 2.24) is 0 Å². The molecule has 0 bridgehead atoms. The second-order valence-electron chi connectivity index (χ2n) is 14.3. The van der Waals surface area contributed by atoms with Gasteiger partial charge in [0.05, 0.1) is 0 Å². The average molecular weight is 662 g/mol. The van der Waals surface area contributed by atoms with Crippen molar-refractivity contribution in [3.8, 4) is 22.3 Å². The Kier molecular flexibility index (Phi) is 6.33. The summed E-state index contributed by atoms with van der Waals surface area (Å²) in [5.41, 5.74) is 14.4. The number of rotatable bonds is 4. The van der Waals surface area contributed by atoms with Crippen LogP contribution in [0.4, 0.5) is 0 Å². The van der Waals surface area contributed by atoms with E-state index in [4.69, 9.17) is 0 Å². The van der Waals surface area contributed by atoms with Crippen LogP contribution in [0.2, 0.25) is 9.26 Å². The Balaban J connectivity index is 1.24. The zero-order valence-corrected chi connectivity index (χ0v) is 29.9. The van der Waals surface area contributed by atoms with Gasteiger partial charge in [0.25, 0.3) is 0 Å². The maximum absolute atomic E-state index is 3.60. The summed E-state index contributed by atoms with van der Waals surface area (Å²) in [5, 5.41) is 5.20. The van der Waals surface area contributed by atoms with Crippen molar-refractivity contribution < 1.29 is 17.4 Å². The van der Waals surface area contributed by atoms with E-state index >= 15 is 0 Å². The van der Waals surface area contributed by atoms with E-state index in [2.05, 4.69) is 163 Å². The molecule has 0 aliphatic heterocycles.